The number of allylic oxidation sites excluding steroid dienone is 1. The summed E-state index contributed by atoms with van der Waals surface area (Å²) in [5.74, 6) is 0.0987. The molecule has 1 amide bonds. The number of amides is 1. The Morgan fingerprint density at radius 1 is 0.931 bits per heavy atom. The van der Waals surface area contributed by atoms with Crippen molar-refractivity contribution in [2.75, 3.05) is 5.01 Å². The molecule has 2 aromatic carbocycles. The van der Waals surface area contributed by atoms with Gasteiger partial charge in [-0.3, -0.25) is 9.59 Å². The molecule has 3 aromatic rings. The standard InChI is InChI=1S/C21H17ClN4O2S/c1-12-4-6-15(7-5-12)18-19(13(2)27)29-21-24-23-20(26(21)25(18)14(3)28)16-8-10-17(22)11-9-16/h4-11H,1-3H3. The number of carbonyl (C=O) groups is 2. The third-order valence-corrected chi connectivity index (χ3v) is 5.85. The van der Waals surface area contributed by atoms with Gasteiger partial charge in [-0.25, -0.2) is 5.01 Å². The summed E-state index contributed by atoms with van der Waals surface area (Å²) in [5, 5.41) is 11.0. The van der Waals surface area contributed by atoms with Gasteiger partial charge >= 0.3 is 0 Å². The van der Waals surface area contributed by atoms with Crippen LogP contribution in [-0.2, 0) is 9.59 Å². The molecule has 0 fully saturated rings. The molecule has 0 unspecified atom stereocenters. The summed E-state index contributed by atoms with van der Waals surface area (Å²) in [6.07, 6.45) is 0. The summed E-state index contributed by atoms with van der Waals surface area (Å²) in [5.41, 5.74) is 3.14. The first-order valence-electron chi connectivity index (χ1n) is 8.89. The Morgan fingerprint density at radius 3 is 2.14 bits per heavy atom. The zero-order chi connectivity index (χ0) is 20.7. The zero-order valence-corrected chi connectivity index (χ0v) is 17.6. The number of hydrogen-bond donors (Lipinski definition) is 0. The fourth-order valence-corrected chi connectivity index (χ4v) is 4.22. The number of fused-ring (bicyclic) bond motifs is 1. The number of Topliss-reactive ketones (excluding diaryl/α,β-unsaturated/α-hetero) is 1. The molecule has 146 valence electrons. The molecule has 8 heteroatoms. The third-order valence-electron chi connectivity index (χ3n) is 4.48. The Labute approximate surface area is 177 Å². The second kappa shape index (κ2) is 7.50. The van der Waals surface area contributed by atoms with Crippen molar-refractivity contribution in [3.05, 3.63) is 69.6 Å². The lowest BCUT2D eigenvalue weighted by atomic mass is 10.1. The fraction of sp³-hybridized carbons (Fsp3) is 0.143. The summed E-state index contributed by atoms with van der Waals surface area (Å²) in [4.78, 5) is 25.7. The predicted octanol–water partition coefficient (Wildman–Crippen LogP) is 4.45. The van der Waals surface area contributed by atoms with Crippen LogP contribution < -0.4 is 5.01 Å². The molecule has 0 radical (unpaired) electrons. The van der Waals surface area contributed by atoms with E-state index in [0.717, 1.165) is 16.7 Å². The van der Waals surface area contributed by atoms with Crippen molar-refractivity contribution in [2.24, 2.45) is 0 Å². The Kier molecular flexibility index (Phi) is 5.02. The van der Waals surface area contributed by atoms with Crippen LogP contribution in [0.2, 0.25) is 5.02 Å². The smallest absolute Gasteiger partial charge is 0.243 e. The first-order valence-corrected chi connectivity index (χ1v) is 10.1. The largest absolute Gasteiger partial charge is 0.294 e. The SMILES string of the molecule is CC(=O)C1=C(c2ccc(C)cc2)N(C(C)=O)n2c(nnc2-c2ccc(Cl)cc2)S1. The molecule has 0 aliphatic carbocycles. The maximum absolute atomic E-state index is 12.8. The van der Waals surface area contributed by atoms with E-state index in [1.54, 1.807) is 16.8 Å². The molecule has 0 spiro atoms. The molecule has 0 bridgehead atoms. The monoisotopic (exact) mass is 424 g/mol. The van der Waals surface area contributed by atoms with E-state index in [4.69, 9.17) is 11.6 Å². The van der Waals surface area contributed by atoms with Crippen molar-refractivity contribution < 1.29 is 9.59 Å². The summed E-state index contributed by atoms with van der Waals surface area (Å²) in [6.45, 7) is 4.93. The molecule has 1 aliphatic heterocycles. The Balaban J connectivity index is 1.95. The van der Waals surface area contributed by atoms with Gasteiger partial charge in [0, 0.05) is 23.1 Å². The Hall–Kier alpha value is -2.90. The highest BCUT2D eigenvalue weighted by atomic mass is 35.5. The number of rotatable bonds is 3. The molecule has 2 heterocycles. The van der Waals surface area contributed by atoms with E-state index in [1.165, 1.54) is 30.6 Å². The lowest BCUT2D eigenvalue weighted by Gasteiger charge is -2.32. The molecule has 0 atom stereocenters. The van der Waals surface area contributed by atoms with E-state index < -0.39 is 0 Å². The number of carbonyl (C=O) groups excluding carboxylic acids is 2. The van der Waals surface area contributed by atoms with Gasteiger partial charge in [-0.15, -0.1) is 10.2 Å². The molecule has 0 saturated carbocycles. The van der Waals surface area contributed by atoms with Gasteiger partial charge in [0.05, 0.1) is 10.6 Å². The molecule has 29 heavy (non-hydrogen) atoms. The molecular weight excluding hydrogens is 408 g/mol. The number of halogens is 1. The first kappa shape index (κ1) is 19.4. The van der Waals surface area contributed by atoms with Crippen LogP contribution in [0, 0.1) is 6.92 Å². The lowest BCUT2D eigenvalue weighted by molar-refractivity contribution is -0.117. The zero-order valence-electron chi connectivity index (χ0n) is 16.0. The average Bonchev–Trinajstić information content (AvgIpc) is 3.11. The molecule has 0 saturated heterocycles. The van der Waals surface area contributed by atoms with Gasteiger partial charge in [0.15, 0.2) is 11.6 Å². The van der Waals surface area contributed by atoms with E-state index in [9.17, 15) is 9.59 Å². The van der Waals surface area contributed by atoms with Crippen LogP contribution in [0.5, 0.6) is 0 Å². The number of thioether (sulfide) groups is 1. The molecule has 1 aromatic heterocycles. The maximum Gasteiger partial charge on any atom is 0.243 e. The van der Waals surface area contributed by atoms with Crippen LogP contribution >= 0.6 is 23.4 Å². The first-order chi connectivity index (χ1) is 13.9. The number of hydrogen-bond acceptors (Lipinski definition) is 5. The topological polar surface area (TPSA) is 68.1 Å². The summed E-state index contributed by atoms with van der Waals surface area (Å²) < 4.78 is 1.65. The maximum atomic E-state index is 12.8. The molecule has 4 rings (SSSR count). The summed E-state index contributed by atoms with van der Waals surface area (Å²) in [6, 6.07) is 14.9. The van der Waals surface area contributed by atoms with Gasteiger partial charge in [0.2, 0.25) is 11.1 Å². The highest BCUT2D eigenvalue weighted by Gasteiger charge is 2.35. The fourth-order valence-electron chi connectivity index (χ4n) is 3.13. The van der Waals surface area contributed by atoms with E-state index >= 15 is 0 Å². The van der Waals surface area contributed by atoms with E-state index in [1.807, 2.05) is 43.3 Å². The molecule has 0 N–H and O–H groups in total. The van der Waals surface area contributed by atoms with Crippen molar-refractivity contribution >= 4 is 40.8 Å². The predicted molar refractivity (Wildman–Crippen MR) is 114 cm³/mol. The number of benzene rings is 2. The van der Waals surface area contributed by atoms with Gasteiger partial charge in [-0.2, -0.15) is 4.68 Å². The van der Waals surface area contributed by atoms with Crippen LogP contribution in [0.15, 0.2) is 58.6 Å². The van der Waals surface area contributed by atoms with Gasteiger partial charge in [0.25, 0.3) is 0 Å². The minimum absolute atomic E-state index is 0.140. The quantitative estimate of drug-likeness (QED) is 0.621. The lowest BCUT2D eigenvalue weighted by Crippen LogP contribution is -2.41. The minimum Gasteiger partial charge on any atom is -0.294 e. The van der Waals surface area contributed by atoms with Crippen molar-refractivity contribution in [3.63, 3.8) is 0 Å². The van der Waals surface area contributed by atoms with Gasteiger partial charge in [0.1, 0.15) is 0 Å². The minimum atomic E-state index is -0.254. The molecule has 1 aliphatic rings. The van der Waals surface area contributed by atoms with Crippen LogP contribution in [0.25, 0.3) is 17.1 Å². The number of aryl methyl sites for hydroxylation is 1. The average molecular weight is 425 g/mol. The highest BCUT2D eigenvalue weighted by molar-refractivity contribution is 8.04. The van der Waals surface area contributed by atoms with Crippen LogP contribution in [0.1, 0.15) is 25.0 Å². The number of ketones is 1. The second-order valence-corrected chi connectivity index (χ2v) is 8.07. The van der Waals surface area contributed by atoms with Crippen molar-refractivity contribution in [3.8, 4) is 11.4 Å². The molecular formula is C21H17ClN4O2S. The molecule has 6 nitrogen and oxygen atoms in total. The summed E-state index contributed by atoms with van der Waals surface area (Å²) >= 11 is 7.22. The van der Waals surface area contributed by atoms with Crippen molar-refractivity contribution in [1.29, 1.82) is 0 Å². The third kappa shape index (κ3) is 3.47. The van der Waals surface area contributed by atoms with E-state index in [-0.39, 0.29) is 11.7 Å². The second-order valence-electron chi connectivity index (χ2n) is 6.66. The highest BCUT2D eigenvalue weighted by Crippen LogP contribution is 2.41. The summed E-state index contributed by atoms with van der Waals surface area (Å²) in [7, 11) is 0. The van der Waals surface area contributed by atoms with Crippen LogP contribution in [-0.4, -0.2) is 26.6 Å². The van der Waals surface area contributed by atoms with Gasteiger partial charge in [-0.1, -0.05) is 41.4 Å². The van der Waals surface area contributed by atoms with Crippen LogP contribution in [0.4, 0.5) is 0 Å². The number of aromatic nitrogens is 3. The Morgan fingerprint density at radius 2 is 1.55 bits per heavy atom. The van der Waals surface area contributed by atoms with Crippen molar-refractivity contribution in [2.45, 2.75) is 25.9 Å². The van der Waals surface area contributed by atoms with E-state index in [0.29, 0.717) is 26.6 Å². The van der Waals surface area contributed by atoms with Crippen LogP contribution in [0.3, 0.4) is 0 Å². The van der Waals surface area contributed by atoms with Gasteiger partial charge in [-0.05, 0) is 49.9 Å². The van der Waals surface area contributed by atoms with E-state index in [2.05, 4.69) is 10.2 Å². The van der Waals surface area contributed by atoms with Gasteiger partial charge < -0.3 is 0 Å². The Bertz CT molecular complexity index is 1150. The number of nitrogens with zero attached hydrogens (tertiary/aromatic N) is 4. The normalized spacial score (nSPS) is 13.4. The van der Waals surface area contributed by atoms with Crippen molar-refractivity contribution in [1.82, 2.24) is 14.9 Å².